The lowest BCUT2D eigenvalue weighted by molar-refractivity contribution is 1.13. The summed E-state index contributed by atoms with van der Waals surface area (Å²) in [5, 5.41) is 0.660. The largest absolute Gasteiger partial charge is 0.113 e. The van der Waals surface area contributed by atoms with E-state index in [1.807, 2.05) is 25.1 Å². The fourth-order valence-corrected chi connectivity index (χ4v) is 2.15. The van der Waals surface area contributed by atoms with Gasteiger partial charge >= 0.3 is 0 Å². The average Bonchev–Trinajstić information content (AvgIpc) is 2.33. The molecule has 0 aromatic heterocycles. The van der Waals surface area contributed by atoms with Gasteiger partial charge in [-0.2, -0.15) is 0 Å². The second kappa shape index (κ2) is 5.12. The molecule has 0 amide bonds. The van der Waals surface area contributed by atoms with Crippen LogP contribution in [0, 0.1) is 13.8 Å². The van der Waals surface area contributed by atoms with Crippen molar-refractivity contribution in [3.05, 3.63) is 69.7 Å². The maximum Gasteiger partial charge on any atom is 0.0835 e. The molecule has 2 aromatic rings. The van der Waals surface area contributed by atoms with Gasteiger partial charge in [0.15, 0.2) is 0 Å². The number of aryl methyl sites for hydroxylation is 2. The summed E-state index contributed by atoms with van der Waals surface area (Å²) < 4.78 is 0. The summed E-state index contributed by atoms with van der Waals surface area (Å²) in [4.78, 5) is 0. The van der Waals surface area contributed by atoms with Crippen LogP contribution in [-0.2, 0) is 0 Å². The van der Waals surface area contributed by atoms with E-state index in [0.29, 0.717) is 0 Å². The third-order valence-corrected chi connectivity index (χ3v) is 3.77. The molecule has 0 saturated heterocycles. The van der Waals surface area contributed by atoms with Crippen LogP contribution < -0.4 is 0 Å². The maximum atomic E-state index is 6.47. The summed E-state index contributed by atoms with van der Waals surface area (Å²) in [6.07, 6.45) is 0. The van der Waals surface area contributed by atoms with Gasteiger partial charge in [0.2, 0.25) is 0 Å². The molecule has 0 fully saturated rings. The summed E-state index contributed by atoms with van der Waals surface area (Å²) in [7, 11) is 0. The van der Waals surface area contributed by atoms with Crippen molar-refractivity contribution >= 4 is 23.2 Å². The Labute approximate surface area is 112 Å². The molecule has 0 saturated carbocycles. The molecule has 1 unspecified atom stereocenters. The second-order valence-corrected chi connectivity index (χ2v) is 5.13. The topological polar surface area (TPSA) is 0 Å². The summed E-state index contributed by atoms with van der Waals surface area (Å²) in [6.45, 7) is 4.06. The van der Waals surface area contributed by atoms with Gasteiger partial charge < -0.3 is 0 Å². The van der Waals surface area contributed by atoms with Crippen molar-refractivity contribution in [1.82, 2.24) is 0 Å². The molecule has 2 heteroatoms. The zero-order valence-corrected chi connectivity index (χ0v) is 11.4. The summed E-state index contributed by atoms with van der Waals surface area (Å²) in [5.74, 6) is 0. The highest BCUT2D eigenvalue weighted by molar-refractivity contribution is 6.31. The Bertz CT molecular complexity index is 515. The molecule has 0 heterocycles. The molecule has 0 N–H and O–H groups in total. The fourth-order valence-electron chi connectivity index (χ4n) is 1.75. The van der Waals surface area contributed by atoms with E-state index in [1.165, 1.54) is 5.56 Å². The molecule has 2 aromatic carbocycles. The van der Waals surface area contributed by atoms with E-state index in [2.05, 4.69) is 31.2 Å². The molecule has 0 nitrogen and oxygen atoms in total. The highest BCUT2D eigenvalue weighted by Gasteiger charge is 2.11. The first kappa shape index (κ1) is 12.5. The van der Waals surface area contributed by atoms with E-state index in [-0.39, 0.29) is 5.38 Å². The Hall–Kier alpha value is -0.980. The van der Waals surface area contributed by atoms with Crippen molar-refractivity contribution in [1.29, 1.82) is 0 Å². The molecule has 17 heavy (non-hydrogen) atoms. The highest BCUT2D eigenvalue weighted by atomic mass is 35.5. The van der Waals surface area contributed by atoms with E-state index in [1.54, 1.807) is 0 Å². The van der Waals surface area contributed by atoms with Crippen molar-refractivity contribution in [2.75, 3.05) is 0 Å². The molecule has 1 atom stereocenters. The molecular weight excluding hydrogens is 251 g/mol. The molecule has 88 valence electrons. The van der Waals surface area contributed by atoms with Gasteiger partial charge in [0, 0.05) is 5.02 Å². The number of hydrogen-bond donors (Lipinski definition) is 0. The van der Waals surface area contributed by atoms with E-state index in [0.717, 1.165) is 21.7 Å². The molecule has 0 radical (unpaired) electrons. The van der Waals surface area contributed by atoms with Gasteiger partial charge in [0.1, 0.15) is 0 Å². The van der Waals surface area contributed by atoms with E-state index < -0.39 is 0 Å². The van der Waals surface area contributed by atoms with Crippen LogP contribution in [0.1, 0.15) is 27.6 Å². The zero-order chi connectivity index (χ0) is 12.4. The van der Waals surface area contributed by atoms with Gasteiger partial charge in [0.05, 0.1) is 5.38 Å². The summed E-state index contributed by atoms with van der Waals surface area (Å²) >= 11 is 12.5. The predicted octanol–water partition coefficient (Wildman–Crippen LogP) is 5.29. The van der Waals surface area contributed by atoms with E-state index >= 15 is 0 Å². The Morgan fingerprint density at radius 2 is 1.47 bits per heavy atom. The van der Waals surface area contributed by atoms with Crippen molar-refractivity contribution in [2.45, 2.75) is 19.2 Å². The molecule has 0 spiro atoms. The second-order valence-electron chi connectivity index (χ2n) is 4.28. The Kier molecular flexibility index (Phi) is 3.76. The van der Waals surface area contributed by atoms with E-state index in [4.69, 9.17) is 23.2 Å². The van der Waals surface area contributed by atoms with Gasteiger partial charge in [-0.3, -0.25) is 0 Å². The number of hydrogen-bond acceptors (Lipinski definition) is 0. The van der Waals surface area contributed by atoms with Gasteiger partial charge in [-0.1, -0.05) is 53.6 Å². The lowest BCUT2D eigenvalue weighted by Crippen LogP contribution is -1.94. The predicted molar refractivity (Wildman–Crippen MR) is 75.1 cm³/mol. The molecule has 0 aliphatic heterocycles. The quantitative estimate of drug-likeness (QED) is 0.647. The summed E-state index contributed by atoms with van der Waals surface area (Å²) in [5.41, 5.74) is 4.49. The molecule has 0 bridgehead atoms. The monoisotopic (exact) mass is 264 g/mol. The number of alkyl halides is 1. The smallest absolute Gasteiger partial charge is 0.0835 e. The van der Waals surface area contributed by atoms with Crippen LogP contribution in [0.15, 0.2) is 42.5 Å². The minimum Gasteiger partial charge on any atom is -0.113 e. The lowest BCUT2D eigenvalue weighted by atomic mass is 10.0. The molecule has 2 rings (SSSR count). The molecule has 0 aliphatic rings. The molecular formula is C15H14Cl2. The Morgan fingerprint density at radius 1 is 0.882 bits per heavy atom. The minimum absolute atomic E-state index is 0.119. The summed E-state index contributed by atoms with van der Waals surface area (Å²) in [6, 6.07) is 14.2. The molecule has 0 aliphatic carbocycles. The fraction of sp³-hybridized carbons (Fsp3) is 0.200. The van der Waals surface area contributed by atoms with E-state index in [9.17, 15) is 0 Å². The first-order valence-electron chi connectivity index (χ1n) is 5.54. The lowest BCUT2D eigenvalue weighted by Gasteiger charge is -2.12. The first-order valence-corrected chi connectivity index (χ1v) is 6.36. The number of benzene rings is 2. The van der Waals surface area contributed by atoms with Crippen molar-refractivity contribution in [3.8, 4) is 0 Å². The van der Waals surface area contributed by atoms with Crippen molar-refractivity contribution in [2.24, 2.45) is 0 Å². The SMILES string of the molecule is Cc1ccc(C(Cl)c2ccc(Cl)c(C)c2)cc1. The average molecular weight is 265 g/mol. The third kappa shape index (κ3) is 2.83. The van der Waals surface area contributed by atoms with Crippen LogP contribution in [0.2, 0.25) is 5.02 Å². The van der Waals surface area contributed by atoms with Crippen molar-refractivity contribution < 1.29 is 0 Å². The van der Waals surface area contributed by atoms with Crippen LogP contribution >= 0.6 is 23.2 Å². The maximum absolute atomic E-state index is 6.47. The normalized spacial score (nSPS) is 12.5. The number of halogens is 2. The Balaban J connectivity index is 2.33. The van der Waals surface area contributed by atoms with Crippen LogP contribution in [0.4, 0.5) is 0 Å². The van der Waals surface area contributed by atoms with Crippen LogP contribution in [0.5, 0.6) is 0 Å². The first-order chi connectivity index (χ1) is 8.08. The van der Waals surface area contributed by atoms with Crippen molar-refractivity contribution in [3.63, 3.8) is 0 Å². The third-order valence-electron chi connectivity index (χ3n) is 2.84. The van der Waals surface area contributed by atoms with Gasteiger partial charge in [-0.05, 0) is 36.6 Å². The number of rotatable bonds is 2. The zero-order valence-electron chi connectivity index (χ0n) is 9.87. The van der Waals surface area contributed by atoms with Gasteiger partial charge in [-0.25, -0.2) is 0 Å². The van der Waals surface area contributed by atoms with Crippen LogP contribution in [-0.4, -0.2) is 0 Å². The Morgan fingerprint density at radius 3 is 2.06 bits per heavy atom. The standard InChI is InChI=1S/C15H14Cl2/c1-10-3-5-12(6-4-10)15(17)13-7-8-14(16)11(2)9-13/h3-9,15H,1-2H3. The van der Waals surface area contributed by atoms with Crippen LogP contribution in [0.25, 0.3) is 0 Å². The highest BCUT2D eigenvalue weighted by Crippen LogP contribution is 2.30. The minimum atomic E-state index is -0.119. The van der Waals surface area contributed by atoms with Gasteiger partial charge in [0.25, 0.3) is 0 Å². The van der Waals surface area contributed by atoms with Crippen LogP contribution in [0.3, 0.4) is 0 Å². The van der Waals surface area contributed by atoms with Gasteiger partial charge in [-0.15, -0.1) is 11.6 Å².